The second-order valence-electron chi connectivity index (χ2n) is 6.46. The molecule has 1 aliphatic heterocycles. The van der Waals surface area contributed by atoms with E-state index in [1.54, 1.807) is 0 Å². The molecule has 1 saturated heterocycles. The van der Waals surface area contributed by atoms with E-state index in [4.69, 9.17) is 15.2 Å². The number of benzene rings is 1. The maximum absolute atomic E-state index is 12.3. The van der Waals surface area contributed by atoms with Crippen molar-refractivity contribution in [2.75, 3.05) is 32.8 Å². The molecule has 2 rings (SSSR count). The van der Waals surface area contributed by atoms with E-state index in [1.165, 1.54) is 5.56 Å². The summed E-state index contributed by atoms with van der Waals surface area (Å²) < 4.78 is 11.5. The normalized spacial score (nSPS) is 14.9. The molecule has 25 heavy (non-hydrogen) atoms. The number of piperidine rings is 1. The number of likely N-dealkylation sites (tertiary alicyclic amines) is 1. The van der Waals surface area contributed by atoms with Gasteiger partial charge in [0.05, 0.1) is 19.1 Å². The highest BCUT2D eigenvalue weighted by atomic mass is 35.5. The summed E-state index contributed by atoms with van der Waals surface area (Å²) in [4.78, 5) is 14.2. The summed E-state index contributed by atoms with van der Waals surface area (Å²) in [6.45, 7) is 7.45. The molecule has 1 aromatic carbocycles. The molecule has 0 saturated carbocycles. The largest absolute Gasteiger partial charge is 0.493 e. The number of carbonyl (C=O) groups excluding carboxylic acids is 1. The lowest BCUT2D eigenvalue weighted by Gasteiger charge is -2.32. The molecule has 5 nitrogen and oxygen atoms in total. The highest BCUT2D eigenvalue weighted by molar-refractivity contribution is 5.85. The molecule has 1 aliphatic rings. The van der Waals surface area contributed by atoms with Gasteiger partial charge in [0.2, 0.25) is 5.91 Å². The van der Waals surface area contributed by atoms with Gasteiger partial charge >= 0.3 is 0 Å². The number of rotatable bonds is 8. The van der Waals surface area contributed by atoms with Crippen molar-refractivity contribution in [2.24, 2.45) is 5.73 Å². The summed E-state index contributed by atoms with van der Waals surface area (Å²) in [5.41, 5.74) is 7.79. The van der Waals surface area contributed by atoms with Crippen LogP contribution in [0.2, 0.25) is 0 Å². The van der Waals surface area contributed by atoms with Crippen LogP contribution in [0.4, 0.5) is 0 Å². The molecular weight excluding hydrogens is 340 g/mol. The Bertz CT molecular complexity index is 531. The van der Waals surface area contributed by atoms with Gasteiger partial charge in [-0.1, -0.05) is 17.7 Å². The van der Waals surface area contributed by atoms with Crippen LogP contribution in [0.1, 0.15) is 36.8 Å². The Labute approximate surface area is 157 Å². The van der Waals surface area contributed by atoms with Crippen LogP contribution >= 0.6 is 12.4 Å². The van der Waals surface area contributed by atoms with Crippen LogP contribution < -0.4 is 10.5 Å². The van der Waals surface area contributed by atoms with Gasteiger partial charge in [-0.2, -0.15) is 0 Å². The minimum absolute atomic E-state index is 0. The molecule has 1 aromatic rings. The lowest BCUT2D eigenvalue weighted by molar-refractivity contribution is -0.134. The molecule has 1 fully saturated rings. The zero-order valence-corrected chi connectivity index (χ0v) is 16.1. The third kappa shape index (κ3) is 7.22. The molecule has 2 N–H and O–H groups in total. The summed E-state index contributed by atoms with van der Waals surface area (Å²) in [6.07, 6.45) is 3.41. The number of amides is 1. The average molecular weight is 371 g/mol. The van der Waals surface area contributed by atoms with Gasteiger partial charge in [0.25, 0.3) is 0 Å². The number of hydrogen-bond acceptors (Lipinski definition) is 4. The molecule has 0 radical (unpaired) electrons. The first-order chi connectivity index (χ1) is 11.6. The summed E-state index contributed by atoms with van der Waals surface area (Å²) >= 11 is 0. The fourth-order valence-electron chi connectivity index (χ4n) is 2.97. The van der Waals surface area contributed by atoms with Crippen molar-refractivity contribution in [2.45, 2.75) is 45.6 Å². The topological polar surface area (TPSA) is 64.8 Å². The van der Waals surface area contributed by atoms with Crippen molar-refractivity contribution >= 4 is 18.3 Å². The van der Waals surface area contributed by atoms with E-state index in [-0.39, 0.29) is 24.4 Å². The predicted octanol–water partition coefficient (Wildman–Crippen LogP) is 2.85. The summed E-state index contributed by atoms with van der Waals surface area (Å²) in [5, 5.41) is 0. The van der Waals surface area contributed by atoms with Crippen LogP contribution in [-0.2, 0) is 9.53 Å². The maximum Gasteiger partial charge on any atom is 0.226 e. The van der Waals surface area contributed by atoms with Crippen LogP contribution in [0.25, 0.3) is 0 Å². The highest BCUT2D eigenvalue weighted by Gasteiger charge is 2.22. The zero-order chi connectivity index (χ0) is 17.4. The van der Waals surface area contributed by atoms with Crippen molar-refractivity contribution in [1.82, 2.24) is 4.90 Å². The van der Waals surface area contributed by atoms with Crippen LogP contribution in [0, 0.1) is 13.8 Å². The summed E-state index contributed by atoms with van der Waals surface area (Å²) in [6, 6.07) is 6.09. The monoisotopic (exact) mass is 370 g/mol. The summed E-state index contributed by atoms with van der Waals surface area (Å²) in [7, 11) is 0. The van der Waals surface area contributed by atoms with Gasteiger partial charge in [-0.15, -0.1) is 12.4 Å². The van der Waals surface area contributed by atoms with Gasteiger partial charge in [-0.05, 0) is 51.3 Å². The number of halogens is 1. The SMILES string of the molecule is Cc1ccc(OCCC(=O)N2CCC(OCCCN)CC2)c(C)c1.Cl. The Balaban J connectivity index is 0.00000312. The molecule has 0 aliphatic carbocycles. The smallest absolute Gasteiger partial charge is 0.226 e. The molecule has 0 unspecified atom stereocenters. The minimum atomic E-state index is 0. The van der Waals surface area contributed by atoms with Gasteiger partial charge in [0.15, 0.2) is 0 Å². The van der Waals surface area contributed by atoms with Crippen LogP contribution in [0.5, 0.6) is 5.75 Å². The number of carbonyl (C=O) groups is 1. The Kier molecular flexibility index (Phi) is 9.86. The van der Waals surface area contributed by atoms with Gasteiger partial charge < -0.3 is 20.1 Å². The Morgan fingerprint density at radius 1 is 1.24 bits per heavy atom. The Morgan fingerprint density at radius 2 is 1.96 bits per heavy atom. The number of ether oxygens (including phenoxy) is 2. The second kappa shape index (κ2) is 11.3. The fourth-order valence-corrected chi connectivity index (χ4v) is 2.97. The third-order valence-corrected chi connectivity index (χ3v) is 4.40. The van der Waals surface area contributed by atoms with E-state index in [0.717, 1.165) is 50.3 Å². The molecule has 1 heterocycles. The van der Waals surface area contributed by atoms with Crippen molar-refractivity contribution in [3.63, 3.8) is 0 Å². The van der Waals surface area contributed by atoms with Crippen molar-refractivity contribution in [3.8, 4) is 5.75 Å². The molecule has 0 bridgehead atoms. The zero-order valence-electron chi connectivity index (χ0n) is 15.3. The van der Waals surface area contributed by atoms with E-state index in [9.17, 15) is 4.79 Å². The first kappa shape index (κ1) is 21.7. The molecule has 1 amide bonds. The van der Waals surface area contributed by atoms with Gasteiger partial charge in [-0.3, -0.25) is 4.79 Å². The number of hydrogen-bond donors (Lipinski definition) is 1. The van der Waals surface area contributed by atoms with Gasteiger partial charge in [0.1, 0.15) is 5.75 Å². The van der Waals surface area contributed by atoms with E-state index in [2.05, 4.69) is 13.0 Å². The second-order valence-corrected chi connectivity index (χ2v) is 6.46. The van der Waals surface area contributed by atoms with Gasteiger partial charge in [0, 0.05) is 19.7 Å². The van der Waals surface area contributed by atoms with Gasteiger partial charge in [-0.25, -0.2) is 0 Å². The van der Waals surface area contributed by atoms with Crippen LogP contribution in [-0.4, -0.2) is 49.8 Å². The standard InChI is InChI=1S/C19H30N2O3.ClH/c1-15-4-5-18(16(2)14-15)24-13-8-19(22)21-10-6-17(7-11-21)23-12-3-9-20;/h4-5,14,17H,3,6-13,20H2,1-2H3;1H. The molecule has 0 atom stereocenters. The highest BCUT2D eigenvalue weighted by Crippen LogP contribution is 2.19. The predicted molar refractivity (Wildman–Crippen MR) is 103 cm³/mol. The molecule has 0 spiro atoms. The van der Waals surface area contributed by atoms with Crippen LogP contribution in [0.15, 0.2) is 18.2 Å². The molecule has 0 aromatic heterocycles. The van der Waals surface area contributed by atoms with E-state index >= 15 is 0 Å². The number of nitrogens with two attached hydrogens (primary N) is 1. The lowest BCUT2D eigenvalue weighted by atomic mass is 10.1. The fraction of sp³-hybridized carbons (Fsp3) is 0.632. The molecule has 142 valence electrons. The lowest BCUT2D eigenvalue weighted by Crippen LogP contribution is -2.41. The summed E-state index contributed by atoms with van der Waals surface area (Å²) in [5.74, 6) is 1.03. The molecular formula is C19H31ClN2O3. The van der Waals surface area contributed by atoms with Crippen molar-refractivity contribution < 1.29 is 14.3 Å². The van der Waals surface area contributed by atoms with E-state index < -0.39 is 0 Å². The number of aryl methyl sites for hydroxylation is 2. The maximum atomic E-state index is 12.3. The first-order valence-corrected chi connectivity index (χ1v) is 8.89. The van der Waals surface area contributed by atoms with Crippen molar-refractivity contribution in [1.29, 1.82) is 0 Å². The van der Waals surface area contributed by atoms with Crippen LogP contribution in [0.3, 0.4) is 0 Å². The number of nitrogens with zero attached hydrogens (tertiary/aromatic N) is 1. The van der Waals surface area contributed by atoms with E-state index in [1.807, 2.05) is 24.0 Å². The first-order valence-electron chi connectivity index (χ1n) is 8.89. The Morgan fingerprint density at radius 3 is 2.60 bits per heavy atom. The third-order valence-electron chi connectivity index (χ3n) is 4.40. The average Bonchev–Trinajstić information content (AvgIpc) is 2.57. The quantitative estimate of drug-likeness (QED) is 0.714. The van der Waals surface area contributed by atoms with Crippen molar-refractivity contribution in [3.05, 3.63) is 29.3 Å². The van der Waals surface area contributed by atoms with E-state index in [0.29, 0.717) is 19.6 Å². The Hall–Kier alpha value is -1.30. The molecule has 6 heteroatoms. The minimum Gasteiger partial charge on any atom is -0.493 e.